The number of carbonyl (C=O) groups excluding carboxylic acids is 2. The molecule has 3 aliphatic rings. The molecule has 3 aliphatic heterocycles. The average Bonchev–Trinajstić information content (AvgIpc) is 3.30. The first-order valence-electron chi connectivity index (χ1n) is 12.5. The SMILES string of the molecule is CCc1ccc(N2CCCN3C4C(=O)N(Cc5cccc6ccccc56)C(=O)N(C)C4NC23)cc1. The maximum Gasteiger partial charge on any atom is 0.328 e. The molecule has 0 radical (unpaired) electrons. The lowest BCUT2D eigenvalue weighted by atomic mass is 10.0. The third kappa shape index (κ3) is 3.58. The molecule has 3 aromatic rings. The van der Waals surface area contributed by atoms with Crippen LogP contribution in [-0.2, 0) is 17.8 Å². The summed E-state index contributed by atoms with van der Waals surface area (Å²) in [5, 5.41) is 5.79. The molecule has 0 saturated carbocycles. The lowest BCUT2D eigenvalue weighted by molar-refractivity contribution is -0.139. The number of hydrogen-bond donors (Lipinski definition) is 1. The molecule has 3 aromatic carbocycles. The van der Waals surface area contributed by atoms with Crippen molar-refractivity contribution in [3.05, 3.63) is 77.9 Å². The first kappa shape index (κ1) is 22.1. The van der Waals surface area contributed by atoms with Crippen molar-refractivity contribution < 1.29 is 9.59 Å². The Balaban J connectivity index is 1.30. The van der Waals surface area contributed by atoms with Crippen LogP contribution in [0.4, 0.5) is 10.5 Å². The van der Waals surface area contributed by atoms with Gasteiger partial charge in [0.25, 0.3) is 5.91 Å². The van der Waals surface area contributed by atoms with Gasteiger partial charge in [-0.1, -0.05) is 61.5 Å². The van der Waals surface area contributed by atoms with Gasteiger partial charge < -0.3 is 9.80 Å². The van der Waals surface area contributed by atoms with E-state index >= 15 is 0 Å². The zero-order valence-electron chi connectivity index (χ0n) is 20.2. The molecule has 7 nitrogen and oxygen atoms in total. The fourth-order valence-electron chi connectivity index (χ4n) is 5.85. The summed E-state index contributed by atoms with van der Waals surface area (Å²) in [4.78, 5) is 35.0. The fraction of sp³-hybridized carbons (Fsp3) is 0.357. The highest BCUT2D eigenvalue weighted by Gasteiger charge is 2.56. The van der Waals surface area contributed by atoms with Crippen molar-refractivity contribution in [2.24, 2.45) is 0 Å². The molecule has 3 amide bonds. The first-order chi connectivity index (χ1) is 17.1. The molecule has 3 atom stereocenters. The number of likely N-dealkylation sites (N-methyl/N-ethyl adjacent to an activating group) is 1. The number of imide groups is 1. The summed E-state index contributed by atoms with van der Waals surface area (Å²) in [6, 6.07) is 22.2. The number of benzene rings is 3. The summed E-state index contributed by atoms with van der Waals surface area (Å²) in [5.41, 5.74) is 3.42. The van der Waals surface area contributed by atoms with Gasteiger partial charge in [-0.2, -0.15) is 0 Å². The number of aryl methyl sites for hydroxylation is 1. The monoisotopic (exact) mass is 469 g/mol. The normalized spacial score (nSPS) is 24.7. The predicted octanol–water partition coefficient (Wildman–Crippen LogP) is 3.59. The van der Waals surface area contributed by atoms with E-state index in [1.165, 1.54) is 10.5 Å². The van der Waals surface area contributed by atoms with E-state index in [2.05, 4.69) is 64.5 Å². The van der Waals surface area contributed by atoms with Gasteiger partial charge in [-0.05, 0) is 46.9 Å². The number of anilines is 1. The number of carbonyl (C=O) groups is 2. The third-order valence-corrected chi connectivity index (χ3v) is 7.75. The molecule has 35 heavy (non-hydrogen) atoms. The molecule has 1 N–H and O–H groups in total. The topological polar surface area (TPSA) is 59.1 Å². The van der Waals surface area contributed by atoms with Gasteiger partial charge in [-0.3, -0.25) is 19.9 Å². The number of urea groups is 1. The van der Waals surface area contributed by atoms with E-state index in [9.17, 15) is 9.59 Å². The van der Waals surface area contributed by atoms with Crippen molar-refractivity contribution in [2.45, 2.75) is 44.8 Å². The van der Waals surface area contributed by atoms with Crippen LogP contribution in [0.1, 0.15) is 24.5 Å². The summed E-state index contributed by atoms with van der Waals surface area (Å²) in [6.45, 7) is 4.15. The van der Waals surface area contributed by atoms with Crippen molar-refractivity contribution in [3.63, 3.8) is 0 Å². The third-order valence-electron chi connectivity index (χ3n) is 7.75. The smallest absolute Gasteiger partial charge is 0.328 e. The van der Waals surface area contributed by atoms with E-state index in [0.717, 1.165) is 48.0 Å². The zero-order valence-corrected chi connectivity index (χ0v) is 20.2. The number of amides is 3. The Bertz CT molecular complexity index is 1270. The zero-order chi connectivity index (χ0) is 24.1. The minimum absolute atomic E-state index is 0.121. The standard InChI is InChI=1S/C28H31N5O2/c1-3-19-12-14-22(15-13-19)31-16-7-17-32-24-25(29-27(31)32)30(2)28(35)33(26(24)34)18-21-10-6-9-20-8-4-5-11-23(20)21/h4-6,8-15,24-25,27,29H,3,7,16-18H2,1-2H3. The summed E-state index contributed by atoms with van der Waals surface area (Å²) in [6.07, 6.45) is 1.50. The second kappa shape index (κ2) is 8.66. The molecule has 0 spiro atoms. The second-order valence-corrected chi connectivity index (χ2v) is 9.69. The Morgan fingerprint density at radius 1 is 0.943 bits per heavy atom. The minimum Gasteiger partial charge on any atom is -0.343 e. The fourth-order valence-corrected chi connectivity index (χ4v) is 5.85. The molecule has 3 saturated heterocycles. The first-order valence-corrected chi connectivity index (χ1v) is 12.5. The Morgan fingerprint density at radius 2 is 1.71 bits per heavy atom. The molecule has 180 valence electrons. The van der Waals surface area contributed by atoms with Crippen molar-refractivity contribution in [3.8, 4) is 0 Å². The van der Waals surface area contributed by atoms with Gasteiger partial charge in [-0.25, -0.2) is 4.79 Å². The number of nitrogens with zero attached hydrogens (tertiary/aromatic N) is 4. The van der Waals surface area contributed by atoms with Crippen LogP contribution >= 0.6 is 0 Å². The molecule has 3 heterocycles. The number of rotatable bonds is 4. The minimum atomic E-state index is -0.407. The van der Waals surface area contributed by atoms with Crippen LogP contribution in [-0.4, -0.2) is 65.3 Å². The van der Waals surface area contributed by atoms with Gasteiger partial charge in [0.2, 0.25) is 0 Å². The van der Waals surface area contributed by atoms with E-state index in [4.69, 9.17) is 0 Å². The van der Waals surface area contributed by atoms with Crippen LogP contribution in [0.3, 0.4) is 0 Å². The largest absolute Gasteiger partial charge is 0.343 e. The van der Waals surface area contributed by atoms with E-state index in [0.29, 0.717) is 0 Å². The van der Waals surface area contributed by atoms with Crippen molar-refractivity contribution in [2.75, 3.05) is 25.0 Å². The molecule has 7 heteroatoms. The molecule has 3 unspecified atom stereocenters. The van der Waals surface area contributed by atoms with E-state index in [1.807, 2.05) is 24.3 Å². The van der Waals surface area contributed by atoms with Gasteiger partial charge in [0.05, 0.1) is 6.54 Å². The van der Waals surface area contributed by atoms with Gasteiger partial charge in [0, 0.05) is 25.8 Å². The van der Waals surface area contributed by atoms with Gasteiger partial charge in [0.15, 0.2) is 0 Å². The molecule has 0 aliphatic carbocycles. The predicted molar refractivity (Wildman–Crippen MR) is 137 cm³/mol. The number of fused-ring (bicyclic) bond motifs is 4. The molecule has 0 bridgehead atoms. The highest BCUT2D eigenvalue weighted by atomic mass is 16.2. The molecule has 3 fully saturated rings. The van der Waals surface area contributed by atoms with Crippen LogP contribution in [0, 0.1) is 0 Å². The second-order valence-electron chi connectivity index (χ2n) is 9.69. The maximum absolute atomic E-state index is 13.9. The van der Waals surface area contributed by atoms with Crippen LogP contribution in [0.2, 0.25) is 0 Å². The van der Waals surface area contributed by atoms with Crippen LogP contribution in [0.5, 0.6) is 0 Å². The van der Waals surface area contributed by atoms with Gasteiger partial charge in [0.1, 0.15) is 18.5 Å². The highest BCUT2D eigenvalue weighted by molar-refractivity contribution is 6.01. The number of nitrogens with one attached hydrogen (secondary N) is 1. The van der Waals surface area contributed by atoms with Crippen LogP contribution < -0.4 is 10.2 Å². The quantitative estimate of drug-likeness (QED) is 0.633. The summed E-state index contributed by atoms with van der Waals surface area (Å²) < 4.78 is 0. The molecule has 6 rings (SSSR count). The van der Waals surface area contributed by atoms with Crippen molar-refractivity contribution in [1.29, 1.82) is 0 Å². The van der Waals surface area contributed by atoms with Crippen molar-refractivity contribution >= 4 is 28.4 Å². The van der Waals surface area contributed by atoms with Crippen LogP contribution in [0.15, 0.2) is 66.7 Å². The molecular formula is C28H31N5O2. The molecule has 0 aromatic heterocycles. The summed E-state index contributed by atoms with van der Waals surface area (Å²) in [5.74, 6) is -0.121. The Morgan fingerprint density at radius 3 is 2.51 bits per heavy atom. The summed E-state index contributed by atoms with van der Waals surface area (Å²) in [7, 11) is 1.80. The number of hydrogen-bond acceptors (Lipinski definition) is 5. The van der Waals surface area contributed by atoms with E-state index < -0.39 is 6.04 Å². The van der Waals surface area contributed by atoms with E-state index in [1.54, 1.807) is 11.9 Å². The highest BCUT2D eigenvalue weighted by Crippen LogP contribution is 2.34. The lowest BCUT2D eigenvalue weighted by Crippen LogP contribution is -2.66. The van der Waals surface area contributed by atoms with Gasteiger partial charge in [-0.15, -0.1) is 0 Å². The Labute approximate surface area is 205 Å². The average molecular weight is 470 g/mol. The van der Waals surface area contributed by atoms with Gasteiger partial charge >= 0.3 is 6.03 Å². The van der Waals surface area contributed by atoms with Crippen LogP contribution in [0.25, 0.3) is 10.8 Å². The maximum atomic E-state index is 13.9. The van der Waals surface area contributed by atoms with Crippen molar-refractivity contribution in [1.82, 2.24) is 20.0 Å². The summed E-state index contributed by atoms with van der Waals surface area (Å²) >= 11 is 0. The molecular weight excluding hydrogens is 438 g/mol. The Kier molecular flexibility index (Phi) is 5.46. The Hall–Kier alpha value is -3.42. The van der Waals surface area contributed by atoms with E-state index in [-0.39, 0.29) is 30.9 Å². The lowest BCUT2D eigenvalue weighted by Gasteiger charge is -2.44.